The van der Waals surface area contributed by atoms with Crippen LogP contribution >= 0.6 is 0 Å². The molecular formula is C27H30F3N7O. The van der Waals surface area contributed by atoms with Gasteiger partial charge in [-0.2, -0.15) is 13.2 Å². The van der Waals surface area contributed by atoms with Crippen LogP contribution in [-0.2, 0) is 0 Å². The molecule has 4 heterocycles. The largest absolute Gasteiger partial charge is 0.408 e. The number of aromatic nitrogens is 4. The maximum atomic E-state index is 14.2. The zero-order chi connectivity index (χ0) is 27.2. The van der Waals surface area contributed by atoms with Gasteiger partial charge in [0.1, 0.15) is 11.7 Å². The fourth-order valence-electron chi connectivity index (χ4n) is 4.75. The predicted molar refractivity (Wildman–Crippen MR) is 139 cm³/mol. The van der Waals surface area contributed by atoms with E-state index in [4.69, 9.17) is 5.73 Å². The van der Waals surface area contributed by atoms with Gasteiger partial charge in [-0.1, -0.05) is 25.1 Å². The molecule has 38 heavy (non-hydrogen) atoms. The molecule has 1 amide bonds. The van der Waals surface area contributed by atoms with Crippen molar-refractivity contribution in [2.24, 2.45) is 5.73 Å². The average molecular weight is 526 g/mol. The number of nitrogens with two attached hydrogens (primary N) is 1. The van der Waals surface area contributed by atoms with E-state index in [1.807, 2.05) is 32.9 Å². The highest BCUT2D eigenvalue weighted by Gasteiger charge is 2.46. The summed E-state index contributed by atoms with van der Waals surface area (Å²) in [7, 11) is 0. The number of hydrogen-bond donors (Lipinski definition) is 2. The zero-order valence-corrected chi connectivity index (χ0v) is 21.5. The second kappa shape index (κ2) is 9.63. The van der Waals surface area contributed by atoms with Gasteiger partial charge in [0.15, 0.2) is 11.5 Å². The fraction of sp³-hybridized carbons (Fsp3) is 0.407. The van der Waals surface area contributed by atoms with E-state index in [2.05, 4.69) is 20.5 Å². The molecule has 1 aliphatic heterocycles. The first-order valence-corrected chi connectivity index (χ1v) is 12.6. The Morgan fingerprint density at radius 2 is 1.92 bits per heavy atom. The van der Waals surface area contributed by atoms with Gasteiger partial charge < -0.3 is 11.1 Å². The van der Waals surface area contributed by atoms with Gasteiger partial charge in [-0.25, -0.2) is 4.98 Å². The first kappa shape index (κ1) is 26.1. The van der Waals surface area contributed by atoms with Crippen molar-refractivity contribution >= 4 is 22.5 Å². The molecule has 0 radical (unpaired) electrons. The number of amides is 1. The van der Waals surface area contributed by atoms with Gasteiger partial charge in [0.05, 0.1) is 5.52 Å². The third-order valence-corrected chi connectivity index (χ3v) is 7.19. The molecule has 5 rings (SSSR count). The van der Waals surface area contributed by atoms with Crippen LogP contribution in [0.25, 0.3) is 28.1 Å². The molecule has 3 aromatic heterocycles. The number of rotatable bonds is 6. The van der Waals surface area contributed by atoms with E-state index in [0.717, 1.165) is 11.8 Å². The molecule has 1 aromatic carbocycles. The third kappa shape index (κ3) is 5.08. The van der Waals surface area contributed by atoms with Gasteiger partial charge in [-0.15, -0.1) is 10.2 Å². The van der Waals surface area contributed by atoms with E-state index in [1.54, 1.807) is 18.2 Å². The summed E-state index contributed by atoms with van der Waals surface area (Å²) >= 11 is 0. The topological polar surface area (TPSA) is 101 Å². The number of hydrogen-bond acceptors (Lipinski definition) is 6. The highest BCUT2D eigenvalue weighted by Crippen LogP contribution is 2.39. The lowest BCUT2D eigenvalue weighted by atomic mass is 10.0. The number of benzene rings is 1. The minimum Gasteiger partial charge on any atom is -0.347 e. The van der Waals surface area contributed by atoms with Crippen molar-refractivity contribution in [3.05, 3.63) is 59.8 Å². The Balaban J connectivity index is 1.53. The van der Waals surface area contributed by atoms with Crippen LogP contribution in [0.5, 0.6) is 0 Å². The number of halogens is 3. The van der Waals surface area contributed by atoms with Crippen molar-refractivity contribution in [3.8, 4) is 11.5 Å². The van der Waals surface area contributed by atoms with Gasteiger partial charge >= 0.3 is 6.18 Å². The summed E-state index contributed by atoms with van der Waals surface area (Å²) in [5, 5.41) is 12.2. The van der Waals surface area contributed by atoms with E-state index in [9.17, 15) is 18.0 Å². The summed E-state index contributed by atoms with van der Waals surface area (Å²) in [5.41, 5.74) is 7.50. The smallest absolute Gasteiger partial charge is 0.347 e. The molecule has 0 spiro atoms. The van der Waals surface area contributed by atoms with Crippen molar-refractivity contribution < 1.29 is 18.0 Å². The molecule has 11 heteroatoms. The van der Waals surface area contributed by atoms with Gasteiger partial charge in [0, 0.05) is 41.8 Å². The van der Waals surface area contributed by atoms with Crippen molar-refractivity contribution in [3.63, 3.8) is 0 Å². The van der Waals surface area contributed by atoms with Crippen molar-refractivity contribution in [1.29, 1.82) is 0 Å². The van der Waals surface area contributed by atoms with Crippen molar-refractivity contribution in [2.75, 3.05) is 13.1 Å². The molecule has 1 fully saturated rings. The van der Waals surface area contributed by atoms with Crippen LogP contribution in [0.4, 0.5) is 13.2 Å². The number of likely N-dealkylation sites (tertiary alicyclic amines) is 1. The van der Waals surface area contributed by atoms with Crippen LogP contribution < -0.4 is 11.1 Å². The first-order valence-electron chi connectivity index (χ1n) is 12.6. The maximum Gasteiger partial charge on any atom is 0.408 e. The van der Waals surface area contributed by atoms with Gasteiger partial charge in [-0.05, 0) is 56.5 Å². The standard InChI is InChI=1S/C27H30F3N7O/c1-4-26(2,3)33-25(38)17-6-5-16-7-9-20(32-21(16)13-17)24-35-34-22-10-8-18(14-37(22)24)23(27(28,29)30)36-12-11-19(31)15-36/h5-10,13-14,19,23H,4,11-12,15,31H2,1-3H3,(H,33,38). The molecule has 0 bridgehead atoms. The molecule has 0 saturated carbocycles. The number of nitrogens with one attached hydrogen (secondary N) is 1. The molecule has 1 aliphatic rings. The highest BCUT2D eigenvalue weighted by atomic mass is 19.4. The van der Waals surface area contributed by atoms with Crippen LogP contribution in [0.1, 0.15) is 55.6 Å². The molecule has 4 aromatic rings. The Labute approximate surface area is 218 Å². The summed E-state index contributed by atoms with van der Waals surface area (Å²) in [6.45, 7) is 6.35. The van der Waals surface area contributed by atoms with Crippen LogP contribution in [0.2, 0.25) is 0 Å². The molecule has 0 aliphatic carbocycles. The average Bonchev–Trinajstić information content (AvgIpc) is 3.48. The van der Waals surface area contributed by atoms with Gasteiger partial charge in [0.2, 0.25) is 0 Å². The zero-order valence-electron chi connectivity index (χ0n) is 21.5. The Kier molecular flexibility index (Phi) is 6.60. The lowest BCUT2D eigenvalue weighted by molar-refractivity contribution is -0.183. The number of nitrogens with zero attached hydrogens (tertiary/aromatic N) is 5. The number of fused-ring (bicyclic) bond motifs is 2. The quantitative estimate of drug-likeness (QED) is 0.385. The van der Waals surface area contributed by atoms with E-state index in [1.165, 1.54) is 27.6 Å². The minimum atomic E-state index is -4.48. The lowest BCUT2D eigenvalue weighted by Crippen LogP contribution is -2.42. The molecule has 8 nitrogen and oxygen atoms in total. The van der Waals surface area contributed by atoms with Gasteiger partial charge in [-0.3, -0.25) is 14.1 Å². The SMILES string of the molecule is CCC(C)(C)NC(=O)c1ccc2ccc(-c3nnc4ccc(C(N5CCC(N)C5)C(F)(F)F)cn34)nc2c1. The lowest BCUT2D eigenvalue weighted by Gasteiger charge is -2.30. The first-order chi connectivity index (χ1) is 17.9. The molecule has 200 valence electrons. The summed E-state index contributed by atoms with van der Waals surface area (Å²) in [5.74, 6) is 0.105. The van der Waals surface area contributed by atoms with Crippen molar-refractivity contribution in [1.82, 2.24) is 29.8 Å². The maximum absolute atomic E-state index is 14.2. The minimum absolute atomic E-state index is 0.0819. The highest BCUT2D eigenvalue weighted by molar-refractivity contribution is 5.98. The van der Waals surface area contributed by atoms with E-state index >= 15 is 0 Å². The fourth-order valence-corrected chi connectivity index (χ4v) is 4.75. The number of carbonyl (C=O) groups excluding carboxylic acids is 1. The Morgan fingerprint density at radius 3 is 2.61 bits per heavy atom. The van der Waals surface area contributed by atoms with E-state index < -0.39 is 12.2 Å². The number of carbonyl (C=O) groups is 1. The Morgan fingerprint density at radius 1 is 1.16 bits per heavy atom. The molecule has 2 atom stereocenters. The number of pyridine rings is 2. The normalized spacial score (nSPS) is 17.8. The molecule has 2 unspecified atom stereocenters. The summed E-state index contributed by atoms with van der Waals surface area (Å²) < 4.78 is 44.0. The van der Waals surface area contributed by atoms with Crippen LogP contribution in [0.15, 0.2) is 48.7 Å². The Bertz CT molecular complexity index is 1500. The van der Waals surface area contributed by atoms with E-state index in [0.29, 0.717) is 34.7 Å². The molecule has 1 saturated heterocycles. The summed E-state index contributed by atoms with van der Waals surface area (Å²) in [6.07, 6.45) is -1.76. The Hall–Kier alpha value is -3.57. The predicted octanol–water partition coefficient (Wildman–Crippen LogP) is 4.50. The van der Waals surface area contributed by atoms with Crippen molar-refractivity contribution in [2.45, 2.75) is 57.4 Å². The summed E-state index contributed by atoms with van der Waals surface area (Å²) in [6, 6.07) is 9.73. The second-order valence-electron chi connectivity index (χ2n) is 10.5. The summed E-state index contributed by atoms with van der Waals surface area (Å²) in [4.78, 5) is 18.9. The van der Waals surface area contributed by atoms with Crippen LogP contribution in [-0.4, -0.2) is 61.2 Å². The van der Waals surface area contributed by atoms with E-state index in [-0.39, 0.29) is 36.1 Å². The molecule has 3 N–H and O–H groups in total. The second-order valence-corrected chi connectivity index (χ2v) is 10.5. The van der Waals surface area contributed by atoms with Crippen LogP contribution in [0, 0.1) is 0 Å². The molecular weight excluding hydrogens is 495 g/mol. The van der Waals surface area contributed by atoms with Gasteiger partial charge in [0.25, 0.3) is 5.91 Å². The number of alkyl halides is 3. The van der Waals surface area contributed by atoms with Crippen LogP contribution in [0.3, 0.4) is 0 Å². The third-order valence-electron chi connectivity index (χ3n) is 7.19. The monoisotopic (exact) mass is 525 g/mol.